The molecule has 0 atom stereocenters. The predicted molar refractivity (Wildman–Crippen MR) is 90.6 cm³/mol. The summed E-state index contributed by atoms with van der Waals surface area (Å²) >= 11 is 12.9. The van der Waals surface area contributed by atoms with Crippen LogP contribution < -0.4 is 5.32 Å². The van der Waals surface area contributed by atoms with Gasteiger partial charge in [0.1, 0.15) is 4.34 Å². The maximum atomic E-state index is 12.1. The summed E-state index contributed by atoms with van der Waals surface area (Å²) in [5, 5.41) is 10.2. The normalized spacial score (nSPS) is 10.7. The van der Waals surface area contributed by atoms with E-state index < -0.39 is 5.91 Å². The molecule has 0 aliphatic heterocycles. The number of carbonyl (C=O) groups excluding carboxylic acids is 1. The third-order valence-corrected chi connectivity index (χ3v) is 4.55. The molecule has 5 nitrogen and oxygen atoms in total. The summed E-state index contributed by atoms with van der Waals surface area (Å²) < 4.78 is 6.18. The molecule has 0 saturated carbocycles. The summed E-state index contributed by atoms with van der Waals surface area (Å²) in [6.45, 7) is 2.02. The number of hydrogen-bond acceptors (Lipinski definition) is 5. The lowest BCUT2D eigenvalue weighted by molar-refractivity contribution is 0.102. The molecule has 1 aromatic carbocycles. The molecule has 2 aromatic heterocycles. The van der Waals surface area contributed by atoms with Gasteiger partial charge in [-0.05, 0) is 18.6 Å². The maximum absolute atomic E-state index is 12.1. The van der Waals surface area contributed by atoms with E-state index in [9.17, 15) is 4.79 Å². The molecule has 0 aliphatic carbocycles. The smallest absolute Gasteiger partial charge is 0.322 e. The van der Waals surface area contributed by atoms with Crippen molar-refractivity contribution in [2.24, 2.45) is 0 Å². The number of aromatic nitrogens is 2. The third kappa shape index (κ3) is 3.90. The SMILES string of the molecule is Cc1ccc(Cc2nnc(NC(=O)c3cc(Cl)sc3Cl)o2)cc1. The Morgan fingerprint density at radius 1 is 1.26 bits per heavy atom. The Morgan fingerprint density at radius 3 is 2.65 bits per heavy atom. The molecule has 2 heterocycles. The molecule has 118 valence electrons. The van der Waals surface area contributed by atoms with Crippen molar-refractivity contribution in [3.8, 4) is 0 Å². The summed E-state index contributed by atoms with van der Waals surface area (Å²) in [6.07, 6.45) is 0.494. The molecular formula is C15H11Cl2N3O2S. The highest BCUT2D eigenvalue weighted by molar-refractivity contribution is 7.20. The molecule has 0 saturated heterocycles. The van der Waals surface area contributed by atoms with E-state index in [-0.39, 0.29) is 11.6 Å². The van der Waals surface area contributed by atoms with Crippen LogP contribution in [0.5, 0.6) is 0 Å². The highest BCUT2D eigenvalue weighted by Gasteiger charge is 2.17. The standard InChI is InChI=1S/C15H11Cl2N3O2S/c1-8-2-4-9(5-3-8)6-12-19-20-15(22-12)18-14(21)10-7-11(16)23-13(10)17/h2-5,7H,6H2,1H3,(H,18,20,21). The Kier molecular flexibility index (Phi) is 4.66. The van der Waals surface area contributed by atoms with E-state index in [2.05, 4.69) is 15.5 Å². The third-order valence-electron chi connectivity index (χ3n) is 3.06. The molecule has 1 amide bonds. The number of benzene rings is 1. The molecule has 8 heteroatoms. The first-order valence-corrected chi connectivity index (χ1v) is 8.22. The van der Waals surface area contributed by atoms with Crippen molar-refractivity contribution in [3.63, 3.8) is 0 Å². The molecule has 23 heavy (non-hydrogen) atoms. The highest BCUT2D eigenvalue weighted by atomic mass is 35.5. The summed E-state index contributed by atoms with van der Waals surface area (Å²) in [7, 11) is 0. The number of halogens is 2. The number of rotatable bonds is 4. The van der Waals surface area contributed by atoms with E-state index in [1.807, 2.05) is 31.2 Å². The zero-order valence-electron chi connectivity index (χ0n) is 12.0. The Bertz CT molecular complexity index is 843. The van der Waals surface area contributed by atoms with E-state index in [4.69, 9.17) is 27.6 Å². The van der Waals surface area contributed by atoms with Gasteiger partial charge in [0.15, 0.2) is 0 Å². The minimum atomic E-state index is -0.441. The molecule has 0 radical (unpaired) electrons. The van der Waals surface area contributed by atoms with Crippen molar-refractivity contribution in [3.05, 3.63) is 61.6 Å². The maximum Gasteiger partial charge on any atom is 0.322 e. The van der Waals surface area contributed by atoms with E-state index >= 15 is 0 Å². The van der Waals surface area contributed by atoms with Crippen LogP contribution >= 0.6 is 34.5 Å². The Hall–Kier alpha value is -1.89. The molecule has 3 aromatic rings. The lowest BCUT2D eigenvalue weighted by Gasteiger charge is -1.99. The van der Waals surface area contributed by atoms with Crippen LogP contribution in [-0.4, -0.2) is 16.1 Å². The van der Waals surface area contributed by atoms with Gasteiger partial charge in [0, 0.05) is 0 Å². The number of hydrogen-bond donors (Lipinski definition) is 1. The second-order valence-corrected chi connectivity index (χ2v) is 7.14. The topological polar surface area (TPSA) is 68.0 Å². The molecular weight excluding hydrogens is 357 g/mol. The van der Waals surface area contributed by atoms with Gasteiger partial charge in [-0.3, -0.25) is 10.1 Å². The number of aryl methyl sites for hydroxylation is 1. The molecule has 0 spiro atoms. The van der Waals surface area contributed by atoms with Crippen molar-refractivity contribution in [2.45, 2.75) is 13.3 Å². The van der Waals surface area contributed by atoms with Gasteiger partial charge in [-0.2, -0.15) is 0 Å². The van der Waals surface area contributed by atoms with Crippen LogP contribution in [-0.2, 0) is 6.42 Å². The minimum Gasteiger partial charge on any atom is -0.407 e. The average molecular weight is 368 g/mol. The van der Waals surface area contributed by atoms with Crippen molar-refractivity contribution >= 4 is 46.5 Å². The average Bonchev–Trinajstić information content (AvgIpc) is 3.07. The van der Waals surface area contributed by atoms with E-state index in [0.717, 1.165) is 16.9 Å². The van der Waals surface area contributed by atoms with Crippen LogP contribution in [0.15, 0.2) is 34.7 Å². The van der Waals surface area contributed by atoms with Crippen LogP contribution in [0.1, 0.15) is 27.4 Å². The van der Waals surface area contributed by atoms with Crippen molar-refractivity contribution in [1.82, 2.24) is 10.2 Å². The second kappa shape index (κ2) is 6.70. The molecule has 0 bridgehead atoms. The van der Waals surface area contributed by atoms with E-state index in [1.54, 1.807) is 0 Å². The lowest BCUT2D eigenvalue weighted by Crippen LogP contribution is -2.11. The number of nitrogens with zero attached hydrogens (tertiary/aromatic N) is 2. The van der Waals surface area contributed by atoms with Gasteiger partial charge in [-0.1, -0.05) is 58.1 Å². The largest absolute Gasteiger partial charge is 0.407 e. The Balaban J connectivity index is 1.68. The van der Waals surface area contributed by atoms with Crippen molar-refractivity contribution in [1.29, 1.82) is 0 Å². The van der Waals surface area contributed by atoms with Gasteiger partial charge in [0.25, 0.3) is 5.91 Å². The van der Waals surface area contributed by atoms with Crippen LogP contribution in [0, 0.1) is 6.92 Å². The monoisotopic (exact) mass is 367 g/mol. The first kappa shape index (κ1) is 16.0. The molecule has 0 aliphatic rings. The number of anilines is 1. The first-order valence-electron chi connectivity index (χ1n) is 6.65. The van der Waals surface area contributed by atoms with Gasteiger partial charge in [-0.15, -0.1) is 16.4 Å². The predicted octanol–water partition coefficient (Wildman–Crippen LogP) is 4.59. The summed E-state index contributed by atoms with van der Waals surface area (Å²) in [6, 6.07) is 9.52. The first-order chi connectivity index (χ1) is 11.0. The zero-order chi connectivity index (χ0) is 16.4. The van der Waals surface area contributed by atoms with Crippen LogP contribution in [0.4, 0.5) is 6.01 Å². The van der Waals surface area contributed by atoms with E-state index in [1.165, 1.54) is 11.6 Å². The molecule has 0 unspecified atom stereocenters. The van der Waals surface area contributed by atoms with Gasteiger partial charge in [0.05, 0.1) is 16.3 Å². The zero-order valence-corrected chi connectivity index (χ0v) is 14.3. The van der Waals surface area contributed by atoms with Crippen LogP contribution in [0.2, 0.25) is 8.67 Å². The van der Waals surface area contributed by atoms with Gasteiger partial charge >= 0.3 is 6.01 Å². The highest BCUT2D eigenvalue weighted by Crippen LogP contribution is 2.31. The quantitative estimate of drug-likeness (QED) is 0.731. The van der Waals surface area contributed by atoms with Gasteiger partial charge in [-0.25, -0.2) is 0 Å². The Labute approximate surface area is 146 Å². The molecule has 3 rings (SSSR count). The Morgan fingerprint density at radius 2 is 2.00 bits per heavy atom. The summed E-state index contributed by atoms with van der Waals surface area (Å²) in [4.78, 5) is 12.1. The number of amides is 1. The number of thiophene rings is 1. The van der Waals surface area contributed by atoms with Gasteiger partial charge < -0.3 is 4.42 Å². The van der Waals surface area contributed by atoms with Gasteiger partial charge in [0.2, 0.25) is 5.89 Å². The summed E-state index contributed by atoms with van der Waals surface area (Å²) in [5.74, 6) is -0.0257. The second-order valence-electron chi connectivity index (χ2n) is 4.86. The lowest BCUT2D eigenvalue weighted by atomic mass is 10.1. The molecule has 0 fully saturated rings. The number of carbonyl (C=O) groups is 1. The minimum absolute atomic E-state index is 0.0236. The van der Waals surface area contributed by atoms with Crippen LogP contribution in [0.3, 0.4) is 0 Å². The fourth-order valence-electron chi connectivity index (χ4n) is 1.92. The fraction of sp³-hybridized carbons (Fsp3) is 0.133. The molecule has 1 N–H and O–H groups in total. The van der Waals surface area contributed by atoms with Crippen LogP contribution in [0.25, 0.3) is 0 Å². The van der Waals surface area contributed by atoms with E-state index in [0.29, 0.717) is 21.0 Å². The number of nitrogens with one attached hydrogen (secondary N) is 1. The summed E-state index contributed by atoms with van der Waals surface area (Å²) in [5.41, 5.74) is 2.50. The fourth-order valence-corrected chi connectivity index (χ4v) is 3.37. The van der Waals surface area contributed by atoms with Crippen molar-refractivity contribution < 1.29 is 9.21 Å². The van der Waals surface area contributed by atoms with Crippen molar-refractivity contribution in [2.75, 3.05) is 5.32 Å².